The van der Waals surface area contributed by atoms with Crippen molar-refractivity contribution in [2.75, 3.05) is 33.4 Å². The maximum atomic E-state index is 14.4. The molecule has 2 aliphatic rings. The summed E-state index contributed by atoms with van der Waals surface area (Å²) in [6, 6.07) is 4.84. The van der Waals surface area contributed by atoms with Crippen LogP contribution in [0.1, 0.15) is 62.9 Å². The number of carbonyl (C=O) groups is 1. The third kappa shape index (κ3) is 6.46. The molecule has 0 spiro atoms. The molecule has 4 heterocycles. The van der Waals surface area contributed by atoms with Crippen molar-refractivity contribution in [1.29, 1.82) is 0 Å². The van der Waals surface area contributed by atoms with Gasteiger partial charge in [0.2, 0.25) is 0 Å². The fraction of sp³-hybridized carbons (Fsp3) is 0.562. The molecule has 5 rings (SSSR count). The van der Waals surface area contributed by atoms with E-state index in [9.17, 15) is 9.18 Å². The number of halogens is 2. The molecule has 0 radical (unpaired) electrons. The number of hydrogen-bond acceptors (Lipinski definition) is 5. The lowest BCUT2D eigenvalue weighted by atomic mass is 9.96. The number of pyridine rings is 1. The Labute approximate surface area is 247 Å². The van der Waals surface area contributed by atoms with Gasteiger partial charge in [-0.1, -0.05) is 25.4 Å². The second kappa shape index (κ2) is 12.8. The van der Waals surface area contributed by atoms with Crippen molar-refractivity contribution in [3.05, 3.63) is 58.8 Å². The molecule has 2 atom stereocenters. The van der Waals surface area contributed by atoms with Crippen molar-refractivity contribution < 1.29 is 18.7 Å². The van der Waals surface area contributed by atoms with E-state index in [-0.39, 0.29) is 18.2 Å². The fourth-order valence-electron chi connectivity index (χ4n) is 6.34. The van der Waals surface area contributed by atoms with E-state index < -0.39 is 5.82 Å². The molecule has 0 bridgehead atoms. The lowest BCUT2D eigenvalue weighted by molar-refractivity contribution is -0.0527. The van der Waals surface area contributed by atoms with Gasteiger partial charge in [-0.2, -0.15) is 0 Å². The molecule has 2 fully saturated rings. The van der Waals surface area contributed by atoms with Crippen molar-refractivity contribution in [3.63, 3.8) is 0 Å². The Morgan fingerprint density at radius 1 is 1.20 bits per heavy atom. The van der Waals surface area contributed by atoms with Crippen LogP contribution in [0.3, 0.4) is 0 Å². The number of nitrogens with zero attached hydrogens (tertiary/aromatic N) is 4. The maximum Gasteiger partial charge on any atom is 0.256 e. The summed E-state index contributed by atoms with van der Waals surface area (Å²) in [6.45, 7) is 11.9. The van der Waals surface area contributed by atoms with Crippen LogP contribution in [-0.2, 0) is 15.9 Å². The molecule has 0 saturated carbocycles. The summed E-state index contributed by atoms with van der Waals surface area (Å²) in [4.78, 5) is 22.0. The van der Waals surface area contributed by atoms with Gasteiger partial charge in [-0.15, -0.1) is 0 Å². The van der Waals surface area contributed by atoms with E-state index in [0.29, 0.717) is 47.4 Å². The van der Waals surface area contributed by atoms with Crippen molar-refractivity contribution in [2.24, 2.45) is 11.8 Å². The molecule has 7 nitrogen and oxygen atoms in total. The summed E-state index contributed by atoms with van der Waals surface area (Å²) in [6.07, 6.45) is 9.38. The van der Waals surface area contributed by atoms with Gasteiger partial charge in [0.1, 0.15) is 5.82 Å². The van der Waals surface area contributed by atoms with E-state index in [0.717, 1.165) is 55.2 Å². The molecule has 1 amide bonds. The number of amides is 1. The Hall–Kier alpha value is -2.52. The van der Waals surface area contributed by atoms with E-state index in [1.807, 2.05) is 18.4 Å². The summed E-state index contributed by atoms with van der Waals surface area (Å²) < 4.78 is 27.7. The fourth-order valence-corrected chi connectivity index (χ4v) is 6.62. The SMILES string of the molecule is CC(C)[C@@H](CCC1OCCO1)N1CC[C@@H](Cc2cn(-c3ccc(F)cc3C(=O)N(C)C(C)C)c3cncc(Cl)c23)C1. The number of hydrogen-bond donors (Lipinski definition) is 0. The third-order valence-corrected chi connectivity index (χ3v) is 9.03. The molecule has 41 heavy (non-hydrogen) atoms. The average molecular weight is 585 g/mol. The number of ether oxygens (including phenoxy) is 2. The number of likely N-dealkylation sites (tertiary alicyclic amines) is 1. The van der Waals surface area contributed by atoms with Gasteiger partial charge >= 0.3 is 0 Å². The lowest BCUT2D eigenvalue weighted by Gasteiger charge is -2.32. The number of fused-ring (bicyclic) bond motifs is 1. The molecule has 3 aromatic rings. The number of rotatable bonds is 10. The van der Waals surface area contributed by atoms with Gasteiger partial charge in [0.15, 0.2) is 6.29 Å². The Morgan fingerprint density at radius 2 is 1.95 bits per heavy atom. The smallest absolute Gasteiger partial charge is 0.256 e. The van der Waals surface area contributed by atoms with Crippen LogP contribution >= 0.6 is 11.6 Å². The van der Waals surface area contributed by atoms with Crippen LogP contribution < -0.4 is 0 Å². The highest BCUT2D eigenvalue weighted by atomic mass is 35.5. The number of benzene rings is 1. The van der Waals surface area contributed by atoms with Crippen LogP contribution in [0.5, 0.6) is 0 Å². The molecule has 0 unspecified atom stereocenters. The van der Waals surface area contributed by atoms with Crippen LogP contribution in [0.4, 0.5) is 4.39 Å². The molecular weight excluding hydrogens is 543 g/mol. The Balaban J connectivity index is 1.41. The summed E-state index contributed by atoms with van der Waals surface area (Å²) >= 11 is 6.75. The maximum absolute atomic E-state index is 14.4. The van der Waals surface area contributed by atoms with Gasteiger partial charge in [-0.25, -0.2) is 4.39 Å². The summed E-state index contributed by atoms with van der Waals surface area (Å²) in [7, 11) is 1.74. The minimum Gasteiger partial charge on any atom is -0.350 e. The summed E-state index contributed by atoms with van der Waals surface area (Å²) in [5.41, 5.74) is 2.86. The van der Waals surface area contributed by atoms with Gasteiger partial charge in [0, 0.05) is 43.5 Å². The lowest BCUT2D eigenvalue weighted by Crippen LogP contribution is -2.38. The van der Waals surface area contributed by atoms with E-state index in [1.165, 1.54) is 12.1 Å². The van der Waals surface area contributed by atoms with E-state index in [1.54, 1.807) is 30.4 Å². The van der Waals surface area contributed by atoms with E-state index >= 15 is 0 Å². The topological polar surface area (TPSA) is 59.8 Å². The van der Waals surface area contributed by atoms with Crippen LogP contribution in [0.15, 0.2) is 36.8 Å². The Bertz CT molecular complexity index is 1370. The molecule has 0 N–H and O–H groups in total. The normalized spacial score (nSPS) is 19.2. The molecule has 2 aliphatic heterocycles. The van der Waals surface area contributed by atoms with Gasteiger partial charge in [0.05, 0.1) is 41.2 Å². The number of carbonyl (C=O) groups excluding carboxylic acids is 1. The minimum atomic E-state index is -0.445. The molecule has 0 aliphatic carbocycles. The zero-order chi connectivity index (χ0) is 29.3. The van der Waals surface area contributed by atoms with Gasteiger partial charge < -0.3 is 18.9 Å². The van der Waals surface area contributed by atoms with Crippen molar-refractivity contribution in [1.82, 2.24) is 19.4 Å². The van der Waals surface area contributed by atoms with E-state index in [4.69, 9.17) is 21.1 Å². The van der Waals surface area contributed by atoms with Gasteiger partial charge in [-0.3, -0.25) is 14.7 Å². The summed E-state index contributed by atoms with van der Waals surface area (Å²) in [5.74, 6) is 0.335. The van der Waals surface area contributed by atoms with Crippen molar-refractivity contribution in [2.45, 2.75) is 71.8 Å². The Morgan fingerprint density at radius 3 is 2.66 bits per heavy atom. The predicted octanol–water partition coefficient (Wildman–Crippen LogP) is 6.34. The second-order valence-electron chi connectivity index (χ2n) is 12.1. The molecule has 222 valence electrons. The molecule has 1 aromatic carbocycles. The van der Waals surface area contributed by atoms with Gasteiger partial charge in [0.25, 0.3) is 5.91 Å². The van der Waals surface area contributed by atoms with Crippen LogP contribution in [-0.4, -0.2) is 77.0 Å². The standard InChI is InChI=1S/C32H42ClFN4O3/c1-20(2)27(8-9-30-40-12-13-41-30)37-11-10-22(18-37)14-23-19-38(29-17-35-16-26(33)31(23)29)28-7-6-24(34)15-25(28)32(39)36(5)21(3)4/h6-7,15-17,19-22,27,30H,8-14,18H2,1-5H3/t22-,27+/m0/s1. The minimum absolute atomic E-state index is 0.0233. The monoisotopic (exact) mass is 584 g/mol. The quantitative estimate of drug-likeness (QED) is 0.278. The molecule has 9 heteroatoms. The highest BCUT2D eigenvalue weighted by molar-refractivity contribution is 6.35. The first kappa shape index (κ1) is 30.0. The average Bonchev–Trinajstić information content (AvgIpc) is 3.70. The highest BCUT2D eigenvalue weighted by Crippen LogP contribution is 2.35. The second-order valence-corrected chi connectivity index (χ2v) is 12.5. The highest BCUT2D eigenvalue weighted by Gasteiger charge is 2.32. The largest absolute Gasteiger partial charge is 0.350 e. The molecule has 2 aromatic heterocycles. The van der Waals surface area contributed by atoms with Gasteiger partial charge in [-0.05, 0) is 81.7 Å². The zero-order valence-corrected chi connectivity index (χ0v) is 25.5. The van der Waals surface area contributed by atoms with Crippen molar-refractivity contribution in [3.8, 4) is 5.69 Å². The molecule has 2 saturated heterocycles. The molecular formula is C32H42ClFN4O3. The van der Waals surface area contributed by atoms with Crippen molar-refractivity contribution >= 4 is 28.4 Å². The van der Waals surface area contributed by atoms with E-state index in [2.05, 4.69) is 29.9 Å². The van der Waals surface area contributed by atoms with Crippen LogP contribution in [0, 0.1) is 17.7 Å². The predicted molar refractivity (Wildman–Crippen MR) is 160 cm³/mol. The first-order valence-electron chi connectivity index (χ1n) is 14.8. The first-order valence-corrected chi connectivity index (χ1v) is 15.2. The van der Waals surface area contributed by atoms with Crippen LogP contribution in [0.2, 0.25) is 5.02 Å². The zero-order valence-electron chi connectivity index (χ0n) is 24.8. The third-order valence-electron chi connectivity index (χ3n) is 8.74. The first-order chi connectivity index (χ1) is 19.6. The number of aromatic nitrogens is 2. The summed E-state index contributed by atoms with van der Waals surface area (Å²) in [5, 5.41) is 1.52. The van der Waals surface area contributed by atoms with Crippen LogP contribution in [0.25, 0.3) is 16.6 Å². The Kier molecular flexibility index (Phi) is 9.33.